The van der Waals surface area contributed by atoms with E-state index in [0.717, 1.165) is 19.9 Å². The standard InChI is InChI=1S/C13H11F7O/c1-6-4-5-9(7(2)10(6)8(3)21)11(14,12(15,16)17)13(18,19)20/h4-5H,1-3H3. The maximum Gasteiger partial charge on any atom is 0.435 e. The van der Waals surface area contributed by atoms with Crippen molar-refractivity contribution in [3.63, 3.8) is 0 Å². The summed E-state index contributed by atoms with van der Waals surface area (Å²) in [6.07, 6.45) is -12.4. The first-order valence-corrected chi connectivity index (χ1v) is 5.69. The number of benzene rings is 1. The smallest absolute Gasteiger partial charge is 0.294 e. The Balaban J connectivity index is 3.79. The minimum absolute atomic E-state index is 0.176. The van der Waals surface area contributed by atoms with Crippen molar-refractivity contribution in [2.75, 3.05) is 0 Å². The molecule has 0 aliphatic carbocycles. The first-order chi connectivity index (χ1) is 9.25. The molecule has 0 saturated heterocycles. The minimum atomic E-state index is -6.20. The quantitative estimate of drug-likeness (QED) is 0.566. The molecule has 0 aromatic heterocycles. The van der Waals surface area contributed by atoms with Crippen molar-refractivity contribution in [1.29, 1.82) is 0 Å². The normalized spacial score (nSPS) is 13.4. The van der Waals surface area contributed by atoms with E-state index in [1.54, 1.807) is 0 Å². The second kappa shape index (κ2) is 4.99. The molecule has 1 aromatic carbocycles. The van der Waals surface area contributed by atoms with E-state index in [-0.39, 0.29) is 11.1 Å². The molecule has 0 atom stereocenters. The van der Waals surface area contributed by atoms with Gasteiger partial charge in [-0.25, -0.2) is 4.39 Å². The van der Waals surface area contributed by atoms with Crippen LogP contribution < -0.4 is 0 Å². The van der Waals surface area contributed by atoms with Gasteiger partial charge in [0.25, 0.3) is 0 Å². The first kappa shape index (κ1) is 17.5. The van der Waals surface area contributed by atoms with Gasteiger partial charge in [-0.3, -0.25) is 4.79 Å². The number of alkyl halides is 7. The Morgan fingerprint density at radius 3 is 1.67 bits per heavy atom. The molecule has 118 valence electrons. The van der Waals surface area contributed by atoms with Crippen molar-refractivity contribution in [2.24, 2.45) is 0 Å². The molecule has 0 unspecified atom stereocenters. The third-order valence-corrected chi connectivity index (χ3v) is 3.18. The number of halogens is 7. The van der Waals surface area contributed by atoms with E-state index >= 15 is 0 Å². The summed E-state index contributed by atoms with van der Waals surface area (Å²) in [4.78, 5) is 11.4. The van der Waals surface area contributed by atoms with Gasteiger partial charge in [-0.05, 0) is 31.9 Å². The van der Waals surface area contributed by atoms with Crippen LogP contribution in [0.4, 0.5) is 30.7 Å². The fourth-order valence-electron chi connectivity index (χ4n) is 2.23. The highest BCUT2D eigenvalue weighted by Gasteiger charge is 2.74. The number of aryl methyl sites for hydroxylation is 1. The number of carbonyl (C=O) groups is 1. The third-order valence-electron chi connectivity index (χ3n) is 3.18. The lowest BCUT2D eigenvalue weighted by Crippen LogP contribution is -2.51. The number of ketones is 1. The number of hydrogen-bond donors (Lipinski definition) is 0. The predicted molar refractivity (Wildman–Crippen MR) is 60.8 cm³/mol. The van der Waals surface area contributed by atoms with Crippen molar-refractivity contribution < 1.29 is 35.5 Å². The second-order valence-electron chi connectivity index (χ2n) is 4.64. The summed E-state index contributed by atoms with van der Waals surface area (Å²) in [5.74, 6) is -0.737. The molecule has 1 aromatic rings. The Morgan fingerprint density at radius 2 is 1.33 bits per heavy atom. The van der Waals surface area contributed by atoms with E-state index in [4.69, 9.17) is 0 Å². The van der Waals surface area contributed by atoms with Crippen LogP contribution in [0.5, 0.6) is 0 Å². The average Bonchev–Trinajstić information content (AvgIpc) is 2.24. The number of rotatable bonds is 2. The molecule has 1 nitrogen and oxygen atoms in total. The summed E-state index contributed by atoms with van der Waals surface area (Å²) in [6, 6.07) is 1.28. The molecule has 0 aliphatic heterocycles. The Bertz CT molecular complexity index is 555. The van der Waals surface area contributed by atoms with E-state index in [1.807, 2.05) is 0 Å². The van der Waals surface area contributed by atoms with Crippen LogP contribution in [-0.4, -0.2) is 18.1 Å². The van der Waals surface area contributed by atoms with Gasteiger partial charge in [0.15, 0.2) is 5.78 Å². The zero-order chi connectivity index (χ0) is 16.8. The summed E-state index contributed by atoms with van der Waals surface area (Å²) < 4.78 is 90.3. The van der Waals surface area contributed by atoms with E-state index in [1.165, 1.54) is 6.92 Å². The fraction of sp³-hybridized carbons (Fsp3) is 0.462. The zero-order valence-electron chi connectivity index (χ0n) is 11.2. The van der Waals surface area contributed by atoms with Crippen LogP contribution in [0.3, 0.4) is 0 Å². The van der Waals surface area contributed by atoms with E-state index in [0.29, 0.717) is 6.07 Å². The average molecular weight is 316 g/mol. The van der Waals surface area contributed by atoms with Crippen LogP contribution in [0.15, 0.2) is 12.1 Å². The Morgan fingerprint density at radius 1 is 0.905 bits per heavy atom. The van der Waals surface area contributed by atoms with Gasteiger partial charge in [-0.15, -0.1) is 0 Å². The molecule has 8 heteroatoms. The largest absolute Gasteiger partial charge is 0.435 e. The van der Waals surface area contributed by atoms with Crippen LogP contribution in [0, 0.1) is 13.8 Å². The summed E-state index contributed by atoms with van der Waals surface area (Å²) in [6.45, 7) is 3.19. The van der Waals surface area contributed by atoms with Gasteiger partial charge in [-0.2, -0.15) is 26.3 Å². The SMILES string of the molecule is CC(=O)c1c(C)ccc(C(F)(C(F)(F)F)C(F)(F)F)c1C. The van der Waals surface area contributed by atoms with Gasteiger partial charge in [0.05, 0.1) is 0 Å². The second-order valence-corrected chi connectivity index (χ2v) is 4.64. The van der Waals surface area contributed by atoms with E-state index < -0.39 is 34.9 Å². The van der Waals surface area contributed by atoms with Crippen molar-refractivity contribution in [2.45, 2.75) is 38.8 Å². The fourth-order valence-corrected chi connectivity index (χ4v) is 2.23. The van der Waals surface area contributed by atoms with Gasteiger partial charge in [-0.1, -0.05) is 12.1 Å². The molecule has 0 amide bonds. The van der Waals surface area contributed by atoms with Crippen LogP contribution >= 0.6 is 0 Å². The molecule has 0 spiro atoms. The summed E-state index contributed by atoms with van der Waals surface area (Å²) in [5, 5.41) is 0. The molecule has 0 radical (unpaired) electrons. The molecule has 0 aliphatic rings. The lowest BCUT2D eigenvalue weighted by molar-refractivity contribution is -0.348. The van der Waals surface area contributed by atoms with Gasteiger partial charge in [0.1, 0.15) is 0 Å². The predicted octanol–water partition coefficient (Wildman–Crippen LogP) is 4.80. The van der Waals surface area contributed by atoms with Gasteiger partial charge in [0, 0.05) is 11.1 Å². The van der Waals surface area contributed by atoms with Gasteiger partial charge >= 0.3 is 18.0 Å². The molecule has 21 heavy (non-hydrogen) atoms. The Hall–Kier alpha value is -1.60. The summed E-state index contributed by atoms with van der Waals surface area (Å²) in [5.41, 5.74) is -7.97. The number of hydrogen-bond acceptors (Lipinski definition) is 1. The molecule has 0 N–H and O–H groups in total. The highest BCUT2D eigenvalue weighted by atomic mass is 19.4. The molecule has 0 fully saturated rings. The third kappa shape index (κ3) is 2.63. The van der Waals surface area contributed by atoms with Gasteiger partial charge < -0.3 is 0 Å². The summed E-state index contributed by atoms with van der Waals surface area (Å²) >= 11 is 0. The highest BCUT2D eigenvalue weighted by Crippen LogP contribution is 2.54. The van der Waals surface area contributed by atoms with E-state index in [2.05, 4.69) is 0 Å². The molecular weight excluding hydrogens is 305 g/mol. The van der Waals surface area contributed by atoms with Crippen LogP contribution in [0.25, 0.3) is 0 Å². The Kier molecular flexibility index (Phi) is 4.15. The Labute approximate surface area is 115 Å². The molecule has 0 heterocycles. The van der Waals surface area contributed by atoms with Crippen molar-refractivity contribution in [3.05, 3.63) is 34.4 Å². The minimum Gasteiger partial charge on any atom is -0.294 e. The highest BCUT2D eigenvalue weighted by molar-refractivity contribution is 5.97. The molecular formula is C13H11F7O. The maximum absolute atomic E-state index is 14.0. The number of carbonyl (C=O) groups excluding carboxylic acids is 1. The summed E-state index contributed by atoms with van der Waals surface area (Å²) in [7, 11) is 0. The first-order valence-electron chi connectivity index (χ1n) is 5.69. The van der Waals surface area contributed by atoms with Crippen LogP contribution in [0.1, 0.15) is 34.0 Å². The molecule has 0 saturated carbocycles. The monoisotopic (exact) mass is 316 g/mol. The van der Waals surface area contributed by atoms with Crippen molar-refractivity contribution in [3.8, 4) is 0 Å². The number of Topliss-reactive ketones (excluding diaryl/α,β-unsaturated/α-hetero) is 1. The topological polar surface area (TPSA) is 17.1 Å². The lowest BCUT2D eigenvalue weighted by Gasteiger charge is -2.32. The van der Waals surface area contributed by atoms with Crippen LogP contribution in [0.2, 0.25) is 0 Å². The molecule has 0 bridgehead atoms. The maximum atomic E-state index is 14.0. The lowest BCUT2D eigenvalue weighted by atomic mass is 9.85. The van der Waals surface area contributed by atoms with Gasteiger partial charge in [0.2, 0.25) is 0 Å². The van der Waals surface area contributed by atoms with Crippen molar-refractivity contribution >= 4 is 5.78 Å². The zero-order valence-corrected chi connectivity index (χ0v) is 11.2. The van der Waals surface area contributed by atoms with Crippen molar-refractivity contribution in [1.82, 2.24) is 0 Å². The molecule has 1 rings (SSSR count). The van der Waals surface area contributed by atoms with Crippen LogP contribution in [-0.2, 0) is 5.67 Å². The van der Waals surface area contributed by atoms with E-state index in [9.17, 15) is 35.5 Å².